The number of nitro groups is 1. The molecule has 0 amide bonds. The van der Waals surface area contributed by atoms with Crippen molar-refractivity contribution in [1.29, 1.82) is 0 Å². The van der Waals surface area contributed by atoms with E-state index in [1.165, 1.54) is 7.05 Å². The Hall–Kier alpha value is -1.60. The molecule has 0 unspecified atom stereocenters. The van der Waals surface area contributed by atoms with Crippen molar-refractivity contribution in [2.24, 2.45) is 0 Å². The Morgan fingerprint density at radius 1 is 1.45 bits per heavy atom. The van der Waals surface area contributed by atoms with Gasteiger partial charge < -0.3 is 4.84 Å². The quantitative estimate of drug-likeness (QED) is 0.395. The molecular formula is C3H7N3O5. The highest BCUT2D eigenvalue weighted by Crippen LogP contribution is 1.82. The van der Waals surface area contributed by atoms with Gasteiger partial charge in [-0.05, 0) is 0 Å². The van der Waals surface area contributed by atoms with E-state index in [0.29, 0.717) is 5.01 Å². The second-order valence-electron chi connectivity index (χ2n) is 1.68. The van der Waals surface area contributed by atoms with Gasteiger partial charge in [-0.3, -0.25) is 0 Å². The topological polar surface area (TPSA) is 98.8 Å². The maximum absolute atomic E-state index is 9.88. The standard InChI is InChI=1S/C3H7N3O5/c1-4(5(7)8)2-3-11-6(9)10/h2-3H2,1H3. The number of nitrogens with zero attached hydrogens (tertiary/aromatic N) is 3. The molecule has 0 aromatic carbocycles. The smallest absolute Gasteiger partial charge is 0.294 e. The third-order valence-corrected chi connectivity index (χ3v) is 0.890. The van der Waals surface area contributed by atoms with E-state index in [9.17, 15) is 20.2 Å². The average Bonchev–Trinajstić information content (AvgIpc) is 1.86. The predicted octanol–water partition coefficient (Wildman–Crippen LogP) is -0.682. The summed E-state index contributed by atoms with van der Waals surface area (Å²) in [6.45, 7) is -0.418. The fourth-order valence-corrected chi connectivity index (χ4v) is 0.329. The first-order chi connectivity index (χ1) is 5.04. The van der Waals surface area contributed by atoms with Gasteiger partial charge in [0.25, 0.3) is 5.09 Å². The molecule has 0 saturated heterocycles. The molecule has 11 heavy (non-hydrogen) atoms. The molecule has 64 valence electrons. The Balaban J connectivity index is 3.39. The highest BCUT2D eigenvalue weighted by atomic mass is 16.9. The molecule has 8 nitrogen and oxygen atoms in total. The van der Waals surface area contributed by atoms with Crippen LogP contribution in [0, 0.1) is 20.2 Å². The van der Waals surface area contributed by atoms with Gasteiger partial charge in [-0.25, -0.2) is 10.1 Å². The predicted molar refractivity (Wildman–Crippen MR) is 32.6 cm³/mol. The summed E-state index contributed by atoms with van der Waals surface area (Å²) in [7, 11) is 1.20. The maximum atomic E-state index is 9.88. The number of hydrogen-bond acceptors (Lipinski definition) is 5. The number of hydrazine groups is 1. The Labute approximate surface area is 61.6 Å². The second kappa shape index (κ2) is 4.25. The molecule has 0 heterocycles. The Morgan fingerprint density at radius 2 is 2.00 bits per heavy atom. The molecule has 0 radical (unpaired) electrons. The maximum Gasteiger partial charge on any atom is 0.294 e. The number of rotatable bonds is 5. The van der Waals surface area contributed by atoms with Crippen LogP contribution < -0.4 is 0 Å². The average molecular weight is 165 g/mol. The van der Waals surface area contributed by atoms with Crippen molar-refractivity contribution in [2.75, 3.05) is 20.2 Å². The van der Waals surface area contributed by atoms with E-state index in [2.05, 4.69) is 4.84 Å². The second-order valence-corrected chi connectivity index (χ2v) is 1.68. The van der Waals surface area contributed by atoms with Gasteiger partial charge in [-0.1, -0.05) is 0 Å². The minimum Gasteiger partial charge on any atom is -0.312 e. The van der Waals surface area contributed by atoms with Gasteiger partial charge in [0, 0.05) is 0 Å². The highest BCUT2D eigenvalue weighted by molar-refractivity contribution is 4.31. The fraction of sp³-hybridized carbons (Fsp3) is 1.00. The zero-order valence-corrected chi connectivity index (χ0v) is 5.80. The minimum absolute atomic E-state index is 0.117. The molecule has 0 fully saturated rings. The van der Waals surface area contributed by atoms with Crippen LogP contribution >= 0.6 is 0 Å². The molecule has 0 rings (SSSR count). The summed E-state index contributed by atoms with van der Waals surface area (Å²) in [4.78, 5) is 23.3. The van der Waals surface area contributed by atoms with Gasteiger partial charge in [0.1, 0.15) is 13.2 Å². The summed E-state index contributed by atoms with van der Waals surface area (Å²) < 4.78 is 0. The Bertz CT molecular complexity index is 159. The van der Waals surface area contributed by atoms with Crippen LogP contribution in [0.2, 0.25) is 0 Å². The van der Waals surface area contributed by atoms with Crippen molar-refractivity contribution in [3.63, 3.8) is 0 Å². The van der Waals surface area contributed by atoms with E-state index in [4.69, 9.17) is 0 Å². The molecule has 0 saturated carbocycles. The van der Waals surface area contributed by atoms with Crippen LogP contribution in [-0.2, 0) is 4.84 Å². The zero-order valence-electron chi connectivity index (χ0n) is 5.80. The van der Waals surface area contributed by atoms with Crippen LogP contribution in [-0.4, -0.2) is 35.3 Å². The van der Waals surface area contributed by atoms with Gasteiger partial charge in [0.15, 0.2) is 5.03 Å². The van der Waals surface area contributed by atoms with Crippen LogP contribution in [0.3, 0.4) is 0 Å². The summed E-state index contributed by atoms with van der Waals surface area (Å²) in [6.07, 6.45) is 0. The molecule has 0 atom stereocenters. The van der Waals surface area contributed by atoms with Crippen molar-refractivity contribution < 1.29 is 15.0 Å². The molecule has 0 aliphatic heterocycles. The molecule has 0 N–H and O–H groups in total. The van der Waals surface area contributed by atoms with Gasteiger partial charge >= 0.3 is 0 Å². The van der Waals surface area contributed by atoms with E-state index in [0.717, 1.165) is 0 Å². The summed E-state index contributed by atoms with van der Waals surface area (Å²) in [6, 6.07) is 0. The molecule has 0 aromatic rings. The molecule has 0 spiro atoms. The number of hydrogen-bond donors (Lipinski definition) is 0. The van der Waals surface area contributed by atoms with Crippen LogP contribution in [0.4, 0.5) is 0 Å². The van der Waals surface area contributed by atoms with Crippen LogP contribution in [0.5, 0.6) is 0 Å². The summed E-state index contributed by atoms with van der Waals surface area (Å²) in [5.74, 6) is 0. The first-order valence-electron chi connectivity index (χ1n) is 2.66. The third kappa shape index (κ3) is 4.88. The van der Waals surface area contributed by atoms with Gasteiger partial charge in [-0.15, -0.1) is 15.1 Å². The lowest BCUT2D eigenvalue weighted by atomic mass is 10.7. The first-order valence-corrected chi connectivity index (χ1v) is 2.66. The van der Waals surface area contributed by atoms with E-state index in [1.807, 2.05) is 0 Å². The van der Waals surface area contributed by atoms with E-state index in [-0.39, 0.29) is 13.2 Å². The highest BCUT2D eigenvalue weighted by Gasteiger charge is 2.06. The van der Waals surface area contributed by atoms with Crippen LogP contribution in [0.15, 0.2) is 0 Å². The fourth-order valence-electron chi connectivity index (χ4n) is 0.329. The Kier molecular flexibility index (Phi) is 3.63. The van der Waals surface area contributed by atoms with Crippen molar-refractivity contribution >= 4 is 0 Å². The summed E-state index contributed by atoms with van der Waals surface area (Å²) in [5, 5.41) is 18.5. The third-order valence-electron chi connectivity index (χ3n) is 0.890. The molecule has 0 aliphatic rings. The van der Waals surface area contributed by atoms with Gasteiger partial charge in [0.2, 0.25) is 0 Å². The monoisotopic (exact) mass is 165 g/mol. The normalized spacial score (nSPS) is 8.82. The zero-order chi connectivity index (χ0) is 8.85. The number of likely N-dealkylation sites (N-methyl/N-ethyl adjacent to an activating group) is 1. The van der Waals surface area contributed by atoms with Crippen molar-refractivity contribution in [1.82, 2.24) is 5.01 Å². The molecule has 0 bridgehead atoms. The van der Waals surface area contributed by atoms with Gasteiger partial charge in [-0.2, -0.15) is 0 Å². The largest absolute Gasteiger partial charge is 0.312 e. The van der Waals surface area contributed by atoms with E-state index < -0.39 is 10.1 Å². The SMILES string of the molecule is CN(CCO[N+](=O)[O-])[N+](=O)[O-]. The molecule has 0 aromatic heterocycles. The lowest BCUT2D eigenvalue weighted by Crippen LogP contribution is -2.29. The van der Waals surface area contributed by atoms with E-state index in [1.54, 1.807) is 0 Å². The lowest BCUT2D eigenvalue weighted by molar-refractivity contribution is -0.760. The molecule has 0 aliphatic carbocycles. The molecule has 8 heteroatoms. The van der Waals surface area contributed by atoms with Crippen molar-refractivity contribution in [3.05, 3.63) is 20.2 Å². The molecular weight excluding hydrogens is 158 g/mol. The summed E-state index contributed by atoms with van der Waals surface area (Å²) in [5.41, 5.74) is 0. The van der Waals surface area contributed by atoms with Crippen molar-refractivity contribution in [3.8, 4) is 0 Å². The minimum atomic E-state index is -0.992. The summed E-state index contributed by atoms with van der Waals surface area (Å²) >= 11 is 0. The Morgan fingerprint density at radius 3 is 2.36 bits per heavy atom. The van der Waals surface area contributed by atoms with Crippen LogP contribution in [0.25, 0.3) is 0 Å². The first kappa shape index (κ1) is 9.40. The lowest BCUT2D eigenvalue weighted by Gasteiger charge is -2.05. The van der Waals surface area contributed by atoms with E-state index >= 15 is 0 Å². The van der Waals surface area contributed by atoms with Crippen LogP contribution in [0.1, 0.15) is 0 Å². The van der Waals surface area contributed by atoms with Gasteiger partial charge in [0.05, 0.1) is 7.05 Å². The van der Waals surface area contributed by atoms with Crippen molar-refractivity contribution in [2.45, 2.75) is 0 Å².